The minimum absolute atomic E-state index is 0.0962. The van der Waals surface area contributed by atoms with Gasteiger partial charge in [-0.1, -0.05) is 74.9 Å². The maximum absolute atomic E-state index is 13.7. The lowest BCUT2D eigenvalue weighted by Gasteiger charge is -2.22. The molecule has 0 aliphatic carbocycles. The molecular weight excluding hydrogens is 1380 g/mol. The maximum Gasteiger partial charge on any atom is 0.434 e. The van der Waals surface area contributed by atoms with Crippen molar-refractivity contribution in [3.8, 4) is 46.0 Å². The first-order chi connectivity index (χ1) is 45.8. The van der Waals surface area contributed by atoms with Crippen LogP contribution >= 0.6 is 59.6 Å². The van der Waals surface area contributed by atoms with Crippen molar-refractivity contribution < 1.29 is 72.7 Å². The Kier molecular flexibility index (Phi) is 30.5. The van der Waals surface area contributed by atoms with Crippen LogP contribution in [0.1, 0.15) is 0 Å². The van der Waals surface area contributed by atoms with Crippen molar-refractivity contribution in [1.82, 2.24) is 20.3 Å². The molecule has 0 amide bonds. The molecule has 4 atom stereocenters. The van der Waals surface area contributed by atoms with Gasteiger partial charge in [0, 0.05) is 47.4 Å². The summed E-state index contributed by atoms with van der Waals surface area (Å²) in [7, 11) is -27.4. The summed E-state index contributed by atoms with van der Waals surface area (Å²) in [5, 5.41) is 13.8. The van der Waals surface area contributed by atoms with Gasteiger partial charge in [-0.2, -0.15) is 0 Å². The van der Waals surface area contributed by atoms with Gasteiger partial charge in [-0.3, -0.25) is 9.13 Å². The van der Waals surface area contributed by atoms with Gasteiger partial charge >= 0.3 is 30.4 Å². The van der Waals surface area contributed by atoms with E-state index < -0.39 is 59.6 Å². The molecule has 0 spiro atoms. The van der Waals surface area contributed by atoms with Crippen molar-refractivity contribution in [3.63, 3.8) is 0 Å². The smallest absolute Gasteiger partial charge is 0.416 e. The van der Waals surface area contributed by atoms with Crippen molar-refractivity contribution in [2.75, 3.05) is 50.8 Å². The normalized spacial score (nSPS) is 13.8. The highest BCUT2D eigenvalue weighted by atomic mass is 31.2. The van der Waals surface area contributed by atoms with Crippen molar-refractivity contribution in [3.05, 3.63) is 296 Å². The van der Waals surface area contributed by atoms with Crippen LogP contribution in [-0.2, 0) is 36.5 Å². The van der Waals surface area contributed by atoms with E-state index in [-0.39, 0.29) is 70.6 Å². The third-order valence-electron chi connectivity index (χ3n) is 12.8. The molecule has 508 valence electrons. The van der Waals surface area contributed by atoms with E-state index >= 15 is 0 Å². The van der Waals surface area contributed by atoms with Gasteiger partial charge in [0.15, 0.2) is 14.3 Å². The second-order valence-electron chi connectivity index (χ2n) is 19.9. The van der Waals surface area contributed by atoms with Gasteiger partial charge in [-0.05, 0) is 169 Å². The highest BCUT2D eigenvalue weighted by Gasteiger charge is 2.33. The lowest BCUT2D eigenvalue weighted by atomic mass is 10.3. The molecule has 4 N–H and O–H groups in total. The van der Waals surface area contributed by atoms with E-state index in [1.54, 1.807) is 97.1 Å². The lowest BCUT2D eigenvalue weighted by molar-refractivity contribution is 0.384. The van der Waals surface area contributed by atoms with Crippen LogP contribution in [0.4, 0.5) is 0 Å². The number of rotatable bonds is 44. The summed E-state index contributed by atoms with van der Waals surface area (Å²) in [4.78, 5) is 0. The fourth-order valence-electron chi connectivity index (χ4n) is 8.15. The highest BCUT2D eigenvalue weighted by molar-refractivity contribution is 7.77. The minimum atomic E-state index is -3.81. The second kappa shape index (κ2) is 37.1. The molecule has 0 aliphatic rings. The van der Waals surface area contributed by atoms with E-state index in [0.29, 0.717) is 47.4 Å². The SMILES string of the molecule is C=CCNP(=O)(NCC=C)c1ccc(OP(=O)(CC=C)Oc2ccc(OP(=O)(CC=C)Oc3ccc(P(=O)(NCC=C)NCC=C)cc3)cc2)cc1.C=CCP(=O)(Oc1ccc(OP(=O)(CC=C)Oc2ccc(P(=O)(C=C)C=C)cc2)cc1)Oc1ccc(P(=O)(C=C)C=C)cc1. The summed E-state index contributed by atoms with van der Waals surface area (Å²) in [6.45, 7) is 45.0. The Morgan fingerprint density at radius 2 is 0.396 bits per heavy atom. The summed E-state index contributed by atoms with van der Waals surface area (Å²) in [6, 6.07) is 37.0. The van der Waals surface area contributed by atoms with Crippen molar-refractivity contribution in [1.29, 1.82) is 0 Å². The fraction of sp³-hybridized carbons (Fsp3) is 0.118. The summed E-state index contributed by atoms with van der Waals surface area (Å²) in [6.07, 6.45) is 11.7. The van der Waals surface area contributed by atoms with E-state index in [2.05, 4.69) is 99.3 Å². The topological polar surface area (TPSA) is 259 Å². The van der Waals surface area contributed by atoms with Gasteiger partial charge in [0.25, 0.3) is 0 Å². The molecule has 6 aromatic carbocycles. The van der Waals surface area contributed by atoms with E-state index in [0.717, 1.165) is 0 Å². The summed E-state index contributed by atoms with van der Waals surface area (Å²) in [5.74, 6) is 7.12. The number of benzene rings is 6. The molecule has 96 heavy (non-hydrogen) atoms. The zero-order chi connectivity index (χ0) is 70.5. The van der Waals surface area contributed by atoms with Gasteiger partial charge in [0.2, 0.25) is 14.9 Å². The third-order valence-corrected chi connectivity index (χ3v) is 28.5. The molecule has 20 nitrogen and oxygen atoms in total. The first-order valence-corrected chi connectivity index (χ1v) is 43.2. The first kappa shape index (κ1) is 79.0. The molecule has 0 bridgehead atoms. The van der Waals surface area contributed by atoms with Gasteiger partial charge < -0.3 is 45.3 Å². The molecule has 4 unspecified atom stereocenters. The van der Waals surface area contributed by atoms with Crippen LogP contribution in [0.2, 0.25) is 0 Å². The predicted molar refractivity (Wildman–Crippen MR) is 397 cm³/mol. The van der Waals surface area contributed by atoms with Crippen LogP contribution in [-0.4, -0.2) is 50.8 Å². The molecule has 0 aliphatic heterocycles. The van der Waals surface area contributed by atoms with Gasteiger partial charge in [-0.15, -0.1) is 52.6 Å². The van der Waals surface area contributed by atoms with Crippen molar-refractivity contribution in [2.24, 2.45) is 0 Å². The van der Waals surface area contributed by atoms with Crippen LogP contribution in [0.3, 0.4) is 0 Å². The third kappa shape index (κ3) is 23.3. The first-order valence-electron chi connectivity index (χ1n) is 29.1. The summed E-state index contributed by atoms with van der Waals surface area (Å²) >= 11 is 0. The van der Waals surface area contributed by atoms with E-state index in [1.807, 2.05) is 0 Å². The Bertz CT molecular complexity index is 3820. The second-order valence-corrected chi connectivity index (χ2v) is 37.8. The predicted octanol–water partition coefficient (Wildman–Crippen LogP) is 18.0. The van der Waals surface area contributed by atoms with Crippen LogP contribution in [0, 0.1) is 0 Å². The van der Waals surface area contributed by atoms with Crippen molar-refractivity contribution in [2.45, 2.75) is 0 Å². The molecule has 0 radical (unpaired) electrons. The summed E-state index contributed by atoms with van der Waals surface area (Å²) < 4.78 is 153. The zero-order valence-corrected chi connectivity index (χ0v) is 60.2. The Labute approximate surface area is 563 Å². The van der Waals surface area contributed by atoms with Crippen LogP contribution in [0.25, 0.3) is 0 Å². The van der Waals surface area contributed by atoms with Crippen LogP contribution in [0.15, 0.2) is 296 Å². The lowest BCUT2D eigenvalue weighted by Crippen LogP contribution is -2.30. The van der Waals surface area contributed by atoms with Gasteiger partial charge in [0.05, 0.1) is 24.6 Å². The average molecular weight is 1460 g/mol. The molecule has 0 heterocycles. The van der Waals surface area contributed by atoms with Gasteiger partial charge in [-0.25, -0.2) is 38.6 Å². The minimum Gasteiger partial charge on any atom is -0.416 e. The molecular formula is C68H80N4O16P8. The number of hydrogen-bond donors (Lipinski definition) is 4. The van der Waals surface area contributed by atoms with E-state index in [1.165, 1.54) is 120 Å². The summed E-state index contributed by atoms with van der Waals surface area (Å²) in [5.41, 5.74) is 0. The van der Waals surface area contributed by atoms with Crippen LogP contribution in [0.5, 0.6) is 46.0 Å². The maximum atomic E-state index is 13.7. The van der Waals surface area contributed by atoms with Crippen molar-refractivity contribution >= 4 is 80.8 Å². The zero-order valence-electron chi connectivity index (χ0n) is 53.0. The number of nitrogens with one attached hydrogen (secondary N) is 4. The van der Waals surface area contributed by atoms with Crippen LogP contribution < -0.4 is 77.8 Å². The van der Waals surface area contributed by atoms with E-state index in [9.17, 15) is 36.5 Å². The Balaban J connectivity index is 0.000000352. The number of hydrogen-bond acceptors (Lipinski definition) is 16. The molecule has 0 aromatic heterocycles. The number of allylic oxidation sites excluding steroid dienone is 4. The molecule has 6 rings (SSSR count). The van der Waals surface area contributed by atoms with E-state index in [4.69, 9.17) is 36.2 Å². The molecule has 6 aromatic rings. The highest BCUT2D eigenvalue weighted by Crippen LogP contribution is 2.55. The average Bonchev–Trinajstić information content (AvgIpc) is 0.875. The molecule has 0 saturated carbocycles. The fourth-order valence-corrected chi connectivity index (χ4v) is 19.7. The Morgan fingerprint density at radius 3 is 0.542 bits per heavy atom. The molecule has 28 heteroatoms. The quantitative estimate of drug-likeness (QED) is 0.0205. The van der Waals surface area contributed by atoms with Gasteiger partial charge in [0.1, 0.15) is 46.0 Å². The largest absolute Gasteiger partial charge is 0.434 e. The standard InChI is InChI=1S/C36H46N4O8P4.C32H34O8P4/c1-7-25-37-51(43,38-26-8-2)35-21-17-33(18-22-35)47-49(41,29-11-5)45-31-13-15-32(16-14-31)46-50(42,30-12-6)48-34-19-23-36(24-20-34)52(44,39-27-9-3)40-28-10-4;1-7-25-43(35,39-29-17-21-31(22-18-29)41(33,9-3)10-4)37-27-13-15-28(16-14-27)38-44(36,26-8-2)40-30-19-23-32(24-20-30)42(34,11-5)12-6/h7-24H,1-6,25-30H2,(H2,37,38,43)(H2,39,40,44);7-24H,1-6,25-26H2. The molecule has 0 saturated heterocycles. The monoisotopic (exact) mass is 1460 g/mol. The Hall–Kier alpha value is -7.72. The Morgan fingerprint density at radius 1 is 0.240 bits per heavy atom. The molecule has 0 fully saturated rings.